The summed E-state index contributed by atoms with van der Waals surface area (Å²) >= 11 is 0. The van der Waals surface area contributed by atoms with Crippen molar-refractivity contribution in [2.75, 3.05) is 26.2 Å². The lowest BCUT2D eigenvalue weighted by Crippen LogP contribution is -2.34. The van der Waals surface area contributed by atoms with E-state index in [4.69, 9.17) is 0 Å². The number of nitrogens with one attached hydrogen (secondary N) is 1. The Morgan fingerprint density at radius 3 is 2.95 bits per heavy atom. The van der Waals surface area contributed by atoms with Crippen LogP contribution in [0.5, 0.6) is 0 Å². The summed E-state index contributed by atoms with van der Waals surface area (Å²) in [4.78, 5) is 26.2. The molecule has 19 heavy (non-hydrogen) atoms. The maximum atomic E-state index is 12.6. The Morgan fingerprint density at radius 1 is 1.16 bits per heavy atom. The topological polar surface area (TPSA) is 49.4 Å². The fourth-order valence-corrected chi connectivity index (χ4v) is 2.91. The molecular formula is C15H18N2O2. The third kappa shape index (κ3) is 2.28. The van der Waals surface area contributed by atoms with E-state index in [2.05, 4.69) is 5.32 Å². The zero-order valence-electron chi connectivity index (χ0n) is 10.9. The first-order valence-corrected chi connectivity index (χ1v) is 6.92. The molecule has 1 N–H and O–H groups in total. The van der Waals surface area contributed by atoms with Gasteiger partial charge in [-0.25, -0.2) is 0 Å². The van der Waals surface area contributed by atoms with Crippen LogP contribution in [0.3, 0.4) is 0 Å². The van der Waals surface area contributed by atoms with Crippen LogP contribution in [0, 0.1) is 0 Å². The number of rotatable bonds is 1. The Hall–Kier alpha value is -1.68. The van der Waals surface area contributed by atoms with Gasteiger partial charge in [-0.05, 0) is 31.0 Å². The third-order valence-corrected chi connectivity index (χ3v) is 3.94. The molecule has 1 aliphatic carbocycles. The molecule has 2 aliphatic rings. The zero-order chi connectivity index (χ0) is 13.2. The fourth-order valence-electron chi connectivity index (χ4n) is 2.91. The summed E-state index contributed by atoms with van der Waals surface area (Å²) in [6, 6.07) is 5.52. The number of fused-ring (bicyclic) bond motifs is 1. The fraction of sp³-hybridized carbons (Fsp3) is 0.467. The second-order valence-corrected chi connectivity index (χ2v) is 5.15. The van der Waals surface area contributed by atoms with Gasteiger partial charge in [-0.1, -0.05) is 12.1 Å². The van der Waals surface area contributed by atoms with Crippen LogP contribution in [-0.4, -0.2) is 42.8 Å². The normalized spacial score (nSPS) is 19.2. The van der Waals surface area contributed by atoms with Crippen LogP contribution in [0.1, 0.15) is 39.1 Å². The lowest BCUT2D eigenvalue weighted by atomic mass is 10.0. The van der Waals surface area contributed by atoms with Gasteiger partial charge in [0, 0.05) is 37.2 Å². The molecule has 3 rings (SSSR count). The van der Waals surface area contributed by atoms with Crippen LogP contribution in [0.2, 0.25) is 0 Å². The molecule has 1 aliphatic heterocycles. The van der Waals surface area contributed by atoms with E-state index in [0.29, 0.717) is 12.8 Å². The summed E-state index contributed by atoms with van der Waals surface area (Å²) in [5, 5.41) is 3.29. The highest BCUT2D eigenvalue weighted by Gasteiger charge is 2.26. The first-order chi connectivity index (χ1) is 9.27. The van der Waals surface area contributed by atoms with Crippen LogP contribution in [0.15, 0.2) is 18.2 Å². The summed E-state index contributed by atoms with van der Waals surface area (Å²) in [7, 11) is 0. The molecule has 4 heteroatoms. The monoisotopic (exact) mass is 258 g/mol. The van der Waals surface area contributed by atoms with Crippen molar-refractivity contribution in [3.8, 4) is 0 Å². The average molecular weight is 258 g/mol. The highest BCUT2D eigenvalue weighted by molar-refractivity contribution is 6.05. The minimum atomic E-state index is 0.0789. The maximum Gasteiger partial charge on any atom is 0.254 e. The number of nitrogens with zero attached hydrogens (tertiary/aromatic N) is 1. The van der Waals surface area contributed by atoms with E-state index in [0.717, 1.165) is 49.3 Å². The largest absolute Gasteiger partial charge is 0.337 e. The second kappa shape index (κ2) is 5.13. The van der Waals surface area contributed by atoms with Gasteiger partial charge >= 0.3 is 0 Å². The van der Waals surface area contributed by atoms with Gasteiger partial charge < -0.3 is 10.2 Å². The molecule has 1 aromatic carbocycles. The molecule has 0 spiro atoms. The van der Waals surface area contributed by atoms with Crippen molar-refractivity contribution in [2.24, 2.45) is 0 Å². The molecule has 1 fully saturated rings. The van der Waals surface area contributed by atoms with Crippen molar-refractivity contribution in [1.29, 1.82) is 0 Å². The lowest BCUT2D eigenvalue weighted by Gasteiger charge is -2.21. The lowest BCUT2D eigenvalue weighted by molar-refractivity contribution is 0.0765. The quantitative estimate of drug-likeness (QED) is 0.825. The van der Waals surface area contributed by atoms with Crippen molar-refractivity contribution in [1.82, 2.24) is 10.2 Å². The van der Waals surface area contributed by atoms with Crippen LogP contribution in [-0.2, 0) is 6.42 Å². The van der Waals surface area contributed by atoms with Gasteiger partial charge in [0.15, 0.2) is 5.78 Å². The van der Waals surface area contributed by atoms with Crippen molar-refractivity contribution in [2.45, 2.75) is 19.3 Å². The summed E-state index contributed by atoms with van der Waals surface area (Å²) in [5.41, 5.74) is 2.43. The van der Waals surface area contributed by atoms with E-state index in [1.807, 2.05) is 23.1 Å². The van der Waals surface area contributed by atoms with Gasteiger partial charge in [0.25, 0.3) is 5.91 Å². The summed E-state index contributed by atoms with van der Waals surface area (Å²) in [5.74, 6) is 0.248. The number of amides is 1. The average Bonchev–Trinajstić information content (AvgIpc) is 2.68. The second-order valence-electron chi connectivity index (χ2n) is 5.15. The molecule has 1 heterocycles. The van der Waals surface area contributed by atoms with Gasteiger partial charge in [-0.2, -0.15) is 0 Å². The van der Waals surface area contributed by atoms with Crippen molar-refractivity contribution in [3.05, 3.63) is 34.9 Å². The number of carbonyl (C=O) groups excluding carboxylic acids is 2. The molecule has 1 amide bonds. The van der Waals surface area contributed by atoms with Crippen molar-refractivity contribution < 1.29 is 9.59 Å². The van der Waals surface area contributed by atoms with Crippen LogP contribution < -0.4 is 5.32 Å². The minimum Gasteiger partial charge on any atom is -0.337 e. The highest BCUT2D eigenvalue weighted by atomic mass is 16.2. The van der Waals surface area contributed by atoms with Gasteiger partial charge in [-0.15, -0.1) is 0 Å². The predicted octanol–water partition coefficient (Wildman–Crippen LogP) is 1.25. The number of carbonyl (C=O) groups is 2. The van der Waals surface area contributed by atoms with E-state index >= 15 is 0 Å². The molecule has 0 radical (unpaired) electrons. The van der Waals surface area contributed by atoms with E-state index < -0.39 is 0 Å². The smallest absolute Gasteiger partial charge is 0.254 e. The van der Waals surface area contributed by atoms with Crippen molar-refractivity contribution >= 4 is 11.7 Å². The predicted molar refractivity (Wildman–Crippen MR) is 72.5 cm³/mol. The van der Waals surface area contributed by atoms with E-state index in [-0.39, 0.29) is 11.7 Å². The van der Waals surface area contributed by atoms with Gasteiger partial charge in [0.2, 0.25) is 0 Å². The van der Waals surface area contributed by atoms with Crippen LogP contribution in [0.4, 0.5) is 0 Å². The summed E-state index contributed by atoms with van der Waals surface area (Å²) < 4.78 is 0. The highest BCUT2D eigenvalue weighted by Crippen LogP contribution is 2.26. The minimum absolute atomic E-state index is 0.0789. The molecule has 100 valence electrons. The van der Waals surface area contributed by atoms with Crippen molar-refractivity contribution in [3.63, 3.8) is 0 Å². The third-order valence-electron chi connectivity index (χ3n) is 3.94. The van der Waals surface area contributed by atoms with E-state index in [1.165, 1.54) is 0 Å². The molecule has 1 saturated heterocycles. The SMILES string of the molecule is O=C1CCc2c1cccc2C(=O)N1CCCNCC1. The summed E-state index contributed by atoms with van der Waals surface area (Å²) in [6.45, 7) is 3.36. The molecule has 1 aromatic rings. The number of hydrogen-bond donors (Lipinski definition) is 1. The number of Topliss-reactive ketones (excluding diaryl/α,β-unsaturated/α-hetero) is 1. The molecule has 0 saturated carbocycles. The first kappa shape index (κ1) is 12.4. The van der Waals surface area contributed by atoms with Gasteiger partial charge in [0.05, 0.1) is 0 Å². The Labute approximate surface area is 112 Å². The van der Waals surface area contributed by atoms with Crippen LogP contribution in [0.25, 0.3) is 0 Å². The standard InChI is InChI=1S/C15H18N2O2/c18-14-6-5-11-12(14)3-1-4-13(11)15(19)17-9-2-7-16-8-10-17/h1,3-4,16H,2,5-10H2. The molecule has 0 unspecified atom stereocenters. The summed E-state index contributed by atoms with van der Waals surface area (Å²) in [6.07, 6.45) is 2.24. The molecule has 0 aromatic heterocycles. The number of hydrogen-bond acceptors (Lipinski definition) is 3. The molecule has 4 nitrogen and oxygen atoms in total. The van der Waals surface area contributed by atoms with Gasteiger partial charge in [-0.3, -0.25) is 9.59 Å². The van der Waals surface area contributed by atoms with E-state index in [9.17, 15) is 9.59 Å². The zero-order valence-corrected chi connectivity index (χ0v) is 10.9. The molecular weight excluding hydrogens is 240 g/mol. The Kier molecular flexibility index (Phi) is 3.34. The molecule has 0 atom stereocenters. The first-order valence-electron chi connectivity index (χ1n) is 6.92. The Morgan fingerprint density at radius 2 is 2.05 bits per heavy atom. The number of ketones is 1. The maximum absolute atomic E-state index is 12.6. The van der Waals surface area contributed by atoms with Crippen LogP contribution >= 0.6 is 0 Å². The Balaban J connectivity index is 1.90. The van der Waals surface area contributed by atoms with E-state index in [1.54, 1.807) is 0 Å². The molecule has 0 bridgehead atoms. The number of benzene rings is 1. The van der Waals surface area contributed by atoms with Gasteiger partial charge in [0.1, 0.15) is 0 Å². The Bertz CT molecular complexity index is 517.